The van der Waals surface area contributed by atoms with Crippen molar-refractivity contribution in [2.45, 2.75) is 24.3 Å². The second-order valence-corrected chi connectivity index (χ2v) is 6.59. The molecule has 0 aliphatic rings. The van der Waals surface area contributed by atoms with Gasteiger partial charge >= 0.3 is 0 Å². The van der Waals surface area contributed by atoms with Gasteiger partial charge in [-0.25, -0.2) is 12.7 Å². The lowest BCUT2D eigenvalue weighted by Gasteiger charge is -2.19. The monoisotopic (exact) mass is 301 g/mol. The first-order chi connectivity index (χ1) is 9.16. The third-order valence-electron chi connectivity index (χ3n) is 2.84. The number of aliphatic hydroxyl groups is 1. The van der Waals surface area contributed by atoms with Crippen LogP contribution in [0.4, 0.5) is 5.69 Å². The van der Waals surface area contributed by atoms with E-state index in [1.807, 2.05) is 0 Å². The summed E-state index contributed by atoms with van der Waals surface area (Å²) in [6, 6.07) is 3.80. The van der Waals surface area contributed by atoms with E-state index in [0.717, 1.165) is 4.31 Å². The molecule has 1 amide bonds. The number of carbonyl (C=O) groups excluding carboxylic acids is 1. The van der Waals surface area contributed by atoms with E-state index >= 15 is 0 Å². The Balaban J connectivity index is 3.06. The minimum atomic E-state index is -3.76. The van der Waals surface area contributed by atoms with E-state index in [0.29, 0.717) is 6.42 Å². The van der Waals surface area contributed by atoms with Gasteiger partial charge in [-0.15, -0.1) is 0 Å². The van der Waals surface area contributed by atoms with Crippen molar-refractivity contribution >= 4 is 21.6 Å². The predicted octanol–water partition coefficient (Wildman–Crippen LogP) is -0.241. The van der Waals surface area contributed by atoms with Gasteiger partial charge in [-0.2, -0.15) is 0 Å². The van der Waals surface area contributed by atoms with E-state index in [9.17, 15) is 18.3 Å². The summed E-state index contributed by atoms with van der Waals surface area (Å²) in [7, 11) is -2.36. The Labute approximate surface area is 118 Å². The SMILES string of the molecule is CC(O)CCN(C)S(=O)(=O)c1ccc(C(N)=O)cc1N. The van der Waals surface area contributed by atoms with Crippen LogP contribution < -0.4 is 11.5 Å². The van der Waals surface area contributed by atoms with E-state index in [1.165, 1.54) is 25.2 Å². The van der Waals surface area contributed by atoms with E-state index in [2.05, 4.69) is 0 Å². The highest BCUT2D eigenvalue weighted by Crippen LogP contribution is 2.23. The van der Waals surface area contributed by atoms with Gasteiger partial charge in [0, 0.05) is 19.2 Å². The summed E-state index contributed by atoms with van der Waals surface area (Å²) < 4.78 is 25.7. The third kappa shape index (κ3) is 3.69. The van der Waals surface area contributed by atoms with Gasteiger partial charge in [0.2, 0.25) is 15.9 Å². The van der Waals surface area contributed by atoms with E-state index in [1.54, 1.807) is 6.92 Å². The van der Waals surface area contributed by atoms with Crippen molar-refractivity contribution in [1.29, 1.82) is 0 Å². The number of anilines is 1. The number of benzene rings is 1. The number of hydrogen-bond acceptors (Lipinski definition) is 5. The second-order valence-electron chi connectivity index (χ2n) is 4.58. The summed E-state index contributed by atoms with van der Waals surface area (Å²) in [5, 5.41) is 9.19. The van der Waals surface area contributed by atoms with Gasteiger partial charge in [0.1, 0.15) is 4.90 Å². The molecule has 1 aromatic rings. The minimum Gasteiger partial charge on any atom is -0.398 e. The van der Waals surface area contributed by atoms with Crippen molar-refractivity contribution in [3.8, 4) is 0 Å². The molecule has 8 heteroatoms. The van der Waals surface area contributed by atoms with Crippen molar-refractivity contribution in [2.24, 2.45) is 5.73 Å². The molecule has 1 aromatic carbocycles. The van der Waals surface area contributed by atoms with Crippen LogP contribution in [0.1, 0.15) is 23.7 Å². The van der Waals surface area contributed by atoms with Gasteiger partial charge < -0.3 is 16.6 Å². The fourth-order valence-electron chi connectivity index (χ4n) is 1.59. The molecule has 0 aromatic heterocycles. The van der Waals surface area contributed by atoms with Gasteiger partial charge in [0.15, 0.2) is 0 Å². The van der Waals surface area contributed by atoms with Crippen LogP contribution in [0.25, 0.3) is 0 Å². The normalized spacial score (nSPS) is 13.4. The zero-order valence-electron chi connectivity index (χ0n) is 11.4. The number of aliphatic hydroxyl groups excluding tert-OH is 1. The molecular weight excluding hydrogens is 282 g/mol. The van der Waals surface area contributed by atoms with E-state index in [-0.39, 0.29) is 22.7 Å². The van der Waals surface area contributed by atoms with Gasteiger partial charge in [0.05, 0.1) is 11.8 Å². The molecule has 0 fully saturated rings. The number of rotatable bonds is 6. The Morgan fingerprint density at radius 3 is 2.50 bits per heavy atom. The Bertz CT molecular complexity index is 599. The molecule has 0 saturated heterocycles. The molecule has 0 aliphatic heterocycles. The van der Waals surface area contributed by atoms with Gasteiger partial charge in [-0.1, -0.05) is 0 Å². The Morgan fingerprint density at radius 1 is 1.45 bits per heavy atom. The maximum Gasteiger partial charge on any atom is 0.248 e. The Kier molecular flexibility index (Phi) is 5.09. The summed E-state index contributed by atoms with van der Waals surface area (Å²) in [5.41, 5.74) is 10.9. The smallest absolute Gasteiger partial charge is 0.248 e. The number of amides is 1. The molecular formula is C12H19N3O4S. The lowest BCUT2D eigenvalue weighted by molar-refractivity contribution is 0.1000. The summed E-state index contributed by atoms with van der Waals surface area (Å²) in [5.74, 6) is -0.678. The molecule has 20 heavy (non-hydrogen) atoms. The van der Waals surface area contributed by atoms with Gasteiger partial charge in [0.25, 0.3) is 0 Å². The standard InChI is InChI=1S/C12H19N3O4S/c1-8(16)5-6-15(2)20(18,19)11-4-3-9(12(14)17)7-10(11)13/h3-4,7-8,16H,5-6,13H2,1-2H3,(H2,14,17). The maximum absolute atomic E-state index is 12.3. The molecule has 1 rings (SSSR count). The molecule has 0 spiro atoms. The van der Waals surface area contributed by atoms with Crippen molar-refractivity contribution < 1.29 is 18.3 Å². The lowest BCUT2D eigenvalue weighted by atomic mass is 10.2. The highest BCUT2D eigenvalue weighted by Gasteiger charge is 2.23. The number of primary amides is 1. The maximum atomic E-state index is 12.3. The fourth-order valence-corrected chi connectivity index (χ4v) is 2.87. The third-order valence-corrected chi connectivity index (χ3v) is 4.78. The predicted molar refractivity (Wildman–Crippen MR) is 75.5 cm³/mol. The molecule has 5 N–H and O–H groups in total. The van der Waals surface area contributed by atoms with Gasteiger partial charge in [-0.3, -0.25) is 4.79 Å². The minimum absolute atomic E-state index is 0.0369. The number of carbonyl (C=O) groups is 1. The first-order valence-corrected chi connectivity index (χ1v) is 7.44. The van der Waals surface area contributed by atoms with Crippen LogP contribution in [0.15, 0.2) is 23.1 Å². The first kappa shape index (κ1) is 16.4. The number of hydrogen-bond donors (Lipinski definition) is 3. The average molecular weight is 301 g/mol. The van der Waals surface area contributed by atoms with Crippen LogP contribution in [0.5, 0.6) is 0 Å². The zero-order valence-corrected chi connectivity index (χ0v) is 12.2. The molecule has 7 nitrogen and oxygen atoms in total. The number of sulfonamides is 1. The molecule has 1 unspecified atom stereocenters. The molecule has 112 valence electrons. The van der Waals surface area contributed by atoms with Crippen LogP contribution in [0.3, 0.4) is 0 Å². The highest BCUT2D eigenvalue weighted by atomic mass is 32.2. The van der Waals surface area contributed by atoms with E-state index in [4.69, 9.17) is 11.5 Å². The van der Waals surface area contributed by atoms with Crippen LogP contribution in [0, 0.1) is 0 Å². The van der Waals surface area contributed by atoms with E-state index < -0.39 is 22.0 Å². The number of nitrogens with two attached hydrogens (primary N) is 2. The zero-order chi connectivity index (χ0) is 15.5. The van der Waals surface area contributed by atoms with Crippen molar-refractivity contribution in [1.82, 2.24) is 4.31 Å². The quantitative estimate of drug-likeness (QED) is 0.625. The summed E-state index contributed by atoms with van der Waals surface area (Å²) in [4.78, 5) is 10.9. The molecule has 0 heterocycles. The Hall–Kier alpha value is -1.64. The summed E-state index contributed by atoms with van der Waals surface area (Å²) in [6.07, 6.45) is -0.281. The molecule has 0 radical (unpaired) electrons. The molecule has 0 saturated carbocycles. The number of nitrogen functional groups attached to an aromatic ring is 1. The van der Waals surface area contributed by atoms with Crippen LogP contribution in [-0.2, 0) is 10.0 Å². The van der Waals surface area contributed by atoms with Crippen LogP contribution in [0.2, 0.25) is 0 Å². The fraction of sp³-hybridized carbons (Fsp3) is 0.417. The molecule has 1 atom stereocenters. The van der Waals surface area contributed by atoms with Crippen molar-refractivity contribution in [3.63, 3.8) is 0 Å². The molecule has 0 aliphatic carbocycles. The second kappa shape index (κ2) is 6.21. The summed E-state index contributed by atoms with van der Waals surface area (Å²) >= 11 is 0. The van der Waals surface area contributed by atoms with Crippen molar-refractivity contribution in [2.75, 3.05) is 19.3 Å². The van der Waals surface area contributed by atoms with Crippen LogP contribution >= 0.6 is 0 Å². The summed E-state index contributed by atoms with van der Waals surface area (Å²) in [6.45, 7) is 1.74. The lowest BCUT2D eigenvalue weighted by Crippen LogP contribution is -2.30. The Morgan fingerprint density at radius 2 is 2.05 bits per heavy atom. The average Bonchev–Trinajstić information content (AvgIpc) is 2.35. The number of nitrogens with zero attached hydrogens (tertiary/aromatic N) is 1. The first-order valence-electron chi connectivity index (χ1n) is 6.00. The van der Waals surface area contributed by atoms with Crippen molar-refractivity contribution in [3.05, 3.63) is 23.8 Å². The topological polar surface area (TPSA) is 127 Å². The highest BCUT2D eigenvalue weighted by molar-refractivity contribution is 7.89. The molecule has 0 bridgehead atoms. The van der Waals surface area contributed by atoms with Gasteiger partial charge in [-0.05, 0) is 31.5 Å². The largest absolute Gasteiger partial charge is 0.398 e. The van der Waals surface area contributed by atoms with Crippen LogP contribution in [-0.4, -0.2) is 43.4 Å².